The molecule has 0 bridgehead atoms. The number of rotatable bonds is 3. The number of ketones is 1. The molecule has 1 saturated carbocycles. The molecule has 5 rings (SSSR count). The molecule has 2 aliphatic heterocycles. The van der Waals surface area contributed by atoms with E-state index in [1.165, 1.54) is 12.8 Å². The molecule has 0 atom stereocenters. The third-order valence-corrected chi connectivity index (χ3v) is 5.44. The van der Waals surface area contributed by atoms with Gasteiger partial charge in [-0.1, -0.05) is 12.1 Å². The van der Waals surface area contributed by atoms with Crippen LogP contribution in [0.3, 0.4) is 0 Å². The average molecular weight is 363 g/mol. The lowest BCUT2D eigenvalue weighted by atomic mass is 10.00. The van der Waals surface area contributed by atoms with Crippen molar-refractivity contribution in [2.45, 2.75) is 32.4 Å². The van der Waals surface area contributed by atoms with Crippen LogP contribution in [0.4, 0.5) is 0 Å². The van der Waals surface area contributed by atoms with Crippen LogP contribution in [0.15, 0.2) is 36.1 Å². The number of ether oxygens (including phenoxy) is 3. The molecule has 0 saturated heterocycles. The number of methoxy groups -OCH3 is 1. The number of allylic oxidation sites excluding steroid dienone is 1. The highest BCUT2D eigenvalue weighted by Gasteiger charge is 2.36. The zero-order valence-electron chi connectivity index (χ0n) is 15.5. The van der Waals surface area contributed by atoms with Gasteiger partial charge in [-0.25, -0.2) is 0 Å². The first-order valence-corrected chi connectivity index (χ1v) is 9.25. The van der Waals surface area contributed by atoms with E-state index in [9.17, 15) is 4.79 Å². The van der Waals surface area contributed by atoms with E-state index in [4.69, 9.17) is 14.2 Å². The van der Waals surface area contributed by atoms with Crippen LogP contribution < -0.4 is 14.2 Å². The molecule has 0 amide bonds. The van der Waals surface area contributed by atoms with Crippen molar-refractivity contribution >= 4 is 11.9 Å². The van der Waals surface area contributed by atoms with Gasteiger partial charge in [-0.05, 0) is 49.6 Å². The Morgan fingerprint density at radius 2 is 1.96 bits per heavy atom. The summed E-state index contributed by atoms with van der Waals surface area (Å²) in [6.07, 6.45) is 4.25. The largest absolute Gasteiger partial charge is 0.497 e. The lowest BCUT2D eigenvalue weighted by Gasteiger charge is -2.30. The fraction of sp³-hybridized carbons (Fsp3) is 0.318. The summed E-state index contributed by atoms with van der Waals surface area (Å²) >= 11 is 0. The van der Waals surface area contributed by atoms with Crippen molar-refractivity contribution in [3.05, 3.63) is 58.3 Å². The predicted molar refractivity (Wildman–Crippen MR) is 101 cm³/mol. The number of carbonyl (C=O) groups is 1. The summed E-state index contributed by atoms with van der Waals surface area (Å²) in [5.41, 5.74) is 3.51. The van der Waals surface area contributed by atoms with Gasteiger partial charge in [0.2, 0.25) is 5.78 Å². The molecule has 2 aromatic carbocycles. The van der Waals surface area contributed by atoms with E-state index < -0.39 is 0 Å². The monoisotopic (exact) mass is 363 g/mol. The van der Waals surface area contributed by atoms with Gasteiger partial charge in [-0.3, -0.25) is 9.69 Å². The van der Waals surface area contributed by atoms with Gasteiger partial charge >= 0.3 is 0 Å². The Morgan fingerprint density at radius 1 is 1.19 bits per heavy atom. The number of carbonyl (C=O) groups excluding carboxylic acids is 1. The van der Waals surface area contributed by atoms with Gasteiger partial charge in [0.25, 0.3) is 0 Å². The Morgan fingerprint density at radius 3 is 2.67 bits per heavy atom. The van der Waals surface area contributed by atoms with Gasteiger partial charge in [0.05, 0.1) is 12.7 Å². The van der Waals surface area contributed by atoms with Crippen LogP contribution in [-0.4, -0.2) is 30.6 Å². The topological polar surface area (TPSA) is 48.0 Å². The van der Waals surface area contributed by atoms with E-state index in [1.54, 1.807) is 13.2 Å². The van der Waals surface area contributed by atoms with Crippen molar-refractivity contribution in [3.63, 3.8) is 0 Å². The molecular weight excluding hydrogens is 342 g/mol. The first kappa shape index (κ1) is 16.4. The van der Waals surface area contributed by atoms with Crippen LogP contribution >= 0.6 is 0 Å². The first-order valence-electron chi connectivity index (χ1n) is 9.25. The quantitative estimate of drug-likeness (QED) is 0.773. The second-order valence-corrected chi connectivity index (χ2v) is 7.33. The van der Waals surface area contributed by atoms with Crippen LogP contribution in [0.2, 0.25) is 0 Å². The number of fused-ring (bicyclic) bond motifs is 2. The highest BCUT2D eigenvalue weighted by atomic mass is 16.5. The van der Waals surface area contributed by atoms with Crippen molar-refractivity contribution in [1.29, 1.82) is 0 Å². The molecule has 0 aromatic heterocycles. The van der Waals surface area contributed by atoms with Gasteiger partial charge in [0.1, 0.15) is 24.0 Å². The minimum atomic E-state index is -0.0738. The minimum absolute atomic E-state index is 0.0738. The van der Waals surface area contributed by atoms with E-state index in [0.717, 1.165) is 34.7 Å². The molecule has 0 unspecified atom stereocenters. The summed E-state index contributed by atoms with van der Waals surface area (Å²) in [6, 6.07) is 10.1. The maximum Gasteiger partial charge on any atom is 0.231 e. The van der Waals surface area contributed by atoms with E-state index in [-0.39, 0.29) is 5.78 Å². The van der Waals surface area contributed by atoms with Crippen LogP contribution in [0.25, 0.3) is 6.08 Å². The Hall–Kier alpha value is -2.79. The normalized spacial score (nSPS) is 20.1. The molecule has 27 heavy (non-hydrogen) atoms. The Labute approximate surface area is 158 Å². The smallest absolute Gasteiger partial charge is 0.231 e. The van der Waals surface area contributed by atoms with Crippen molar-refractivity contribution < 1.29 is 19.0 Å². The van der Waals surface area contributed by atoms with Crippen LogP contribution in [0.5, 0.6) is 17.2 Å². The molecule has 2 heterocycles. The summed E-state index contributed by atoms with van der Waals surface area (Å²) in [6.45, 7) is 3.41. The molecular formula is C22H21NO4. The zero-order valence-corrected chi connectivity index (χ0v) is 15.5. The van der Waals surface area contributed by atoms with E-state index in [1.807, 2.05) is 37.3 Å². The highest BCUT2D eigenvalue weighted by molar-refractivity contribution is 6.15. The van der Waals surface area contributed by atoms with Crippen LogP contribution in [0, 0.1) is 6.92 Å². The lowest BCUT2D eigenvalue weighted by Crippen LogP contribution is -2.34. The summed E-state index contributed by atoms with van der Waals surface area (Å²) in [7, 11) is 1.63. The zero-order chi connectivity index (χ0) is 18.5. The number of Topliss-reactive ketones (excluding diaryl/α,β-unsaturated/α-hetero) is 1. The second kappa shape index (κ2) is 6.13. The molecule has 1 fully saturated rings. The van der Waals surface area contributed by atoms with Crippen molar-refractivity contribution in [1.82, 2.24) is 4.90 Å². The lowest BCUT2D eigenvalue weighted by molar-refractivity contribution is 0.0872. The van der Waals surface area contributed by atoms with E-state index in [0.29, 0.717) is 29.8 Å². The fourth-order valence-corrected chi connectivity index (χ4v) is 3.79. The van der Waals surface area contributed by atoms with Gasteiger partial charge in [0.15, 0.2) is 5.76 Å². The van der Waals surface area contributed by atoms with E-state index in [2.05, 4.69) is 4.90 Å². The Balaban J connectivity index is 1.48. The molecule has 2 aromatic rings. The molecule has 0 radical (unpaired) electrons. The Bertz CT molecular complexity index is 957. The average Bonchev–Trinajstić information content (AvgIpc) is 3.50. The second-order valence-electron chi connectivity index (χ2n) is 7.33. The molecule has 0 N–H and O–H groups in total. The Kier molecular flexibility index (Phi) is 3.72. The van der Waals surface area contributed by atoms with Gasteiger partial charge in [-0.15, -0.1) is 0 Å². The van der Waals surface area contributed by atoms with Crippen LogP contribution in [0.1, 0.15) is 39.9 Å². The predicted octanol–water partition coefficient (Wildman–Crippen LogP) is 3.93. The molecule has 138 valence electrons. The number of nitrogens with zero attached hydrogens (tertiary/aromatic N) is 1. The minimum Gasteiger partial charge on any atom is -0.497 e. The SMILES string of the molecule is COc1ccc(/C=C2\Oc3c(cc4c(c3C)OCN(C3CC3)C4)C2=O)cc1. The summed E-state index contributed by atoms with van der Waals surface area (Å²) in [4.78, 5) is 15.3. The maximum absolute atomic E-state index is 12.9. The number of hydrogen-bond donors (Lipinski definition) is 0. The first-order chi connectivity index (χ1) is 13.1. The summed E-state index contributed by atoms with van der Waals surface area (Å²) in [5, 5.41) is 0. The van der Waals surface area contributed by atoms with Gasteiger partial charge in [-0.2, -0.15) is 0 Å². The van der Waals surface area contributed by atoms with Crippen molar-refractivity contribution in [2.75, 3.05) is 13.8 Å². The molecule has 3 aliphatic rings. The van der Waals surface area contributed by atoms with Gasteiger partial charge in [0, 0.05) is 23.7 Å². The van der Waals surface area contributed by atoms with E-state index >= 15 is 0 Å². The highest BCUT2D eigenvalue weighted by Crippen LogP contribution is 2.44. The summed E-state index contributed by atoms with van der Waals surface area (Å²) in [5.74, 6) is 2.54. The molecule has 1 aliphatic carbocycles. The fourth-order valence-electron chi connectivity index (χ4n) is 3.79. The number of hydrogen-bond acceptors (Lipinski definition) is 5. The van der Waals surface area contributed by atoms with Gasteiger partial charge < -0.3 is 14.2 Å². The van der Waals surface area contributed by atoms with Crippen molar-refractivity contribution in [2.24, 2.45) is 0 Å². The maximum atomic E-state index is 12.9. The molecule has 5 nitrogen and oxygen atoms in total. The number of benzene rings is 2. The summed E-state index contributed by atoms with van der Waals surface area (Å²) < 4.78 is 17.1. The standard InChI is InChI=1S/C22H21NO4/c1-13-21-15(11-23(12-26-21)16-5-6-16)10-18-20(24)19(27-22(13)18)9-14-3-7-17(25-2)8-4-14/h3-4,7-10,16H,5-6,11-12H2,1-2H3/b19-9-. The molecule has 0 spiro atoms. The molecule has 5 heteroatoms. The van der Waals surface area contributed by atoms with Crippen LogP contribution in [-0.2, 0) is 6.54 Å². The van der Waals surface area contributed by atoms with Crippen molar-refractivity contribution in [3.8, 4) is 17.2 Å². The third kappa shape index (κ3) is 2.79. The third-order valence-electron chi connectivity index (χ3n) is 5.44.